The number of hydrogen-bond acceptors (Lipinski definition) is 6. The molecule has 0 radical (unpaired) electrons. The molecule has 23 aromatic rings. The van der Waals surface area contributed by atoms with Crippen molar-refractivity contribution in [2.24, 2.45) is 0 Å². The van der Waals surface area contributed by atoms with Crippen LogP contribution < -0.4 is 0 Å². The highest BCUT2D eigenvalue weighted by Gasteiger charge is 2.29. The first-order chi connectivity index (χ1) is 65.8. The van der Waals surface area contributed by atoms with Crippen molar-refractivity contribution in [2.75, 3.05) is 0 Å². The standard InChI is InChI=1S/C33H27N3.C32H26N4.C28H25N.C20H20N2.C13H21N/c1-33(2,3)22-20-31(35-27-16-8-4-12-23(27)24-13-5-9-17-28(24)35)34-32(21-22)36-29-18-10-6-14-25(29)26-15-7-11-19-30(26)36;1-32(2,3)31-33-29(35-25-16-8-4-12-21(25)22-13-5-9-17-26(22)35)20-30(34-31)36-27-18-10-6-14-23(27)24-15-7-11-19-28(24)36;1-28(2,3)24-16-8-4-12-20(24)21-13-5-9-17-25(21)29-26-18-10-6-14-22(26)23-15-7-11-19-27(23)29;1-20(2,3)19-21-17(15-10-6-4-7-11-15)14-18(22-19)16-12-8-5-9-13-16;1-12(2,3)10-7-8-11(14-9-10)13(4,5)6/h4-21H,1-3H3;4-20H,1-3H3;4-19H,1-3H3;4-14H,1-3H3;7-9H,1-6H3. The summed E-state index contributed by atoms with van der Waals surface area (Å²) >= 11 is 0. The van der Waals surface area contributed by atoms with Gasteiger partial charge in [-0.3, -0.25) is 23.3 Å². The SMILES string of the molecule is CC(C)(C)c1cc(-n2c3ccccc3c3ccccc32)nc(-n2c3ccccc3c3ccccc32)c1.CC(C)(C)c1ccc(C(C)(C)C)nc1.CC(C)(C)c1ccccc1-c1ccccc1-n1c2ccccc2c2ccccc21.CC(C)(C)c1nc(-c2ccccc2)cc(-c2ccccc2)n1.CC(C)(C)c1nc(-n2c3ccccc3c3ccccc32)cc(-n2c3ccccc3c3ccccc32)n1. The van der Waals surface area contributed by atoms with Crippen LogP contribution in [0.5, 0.6) is 0 Å². The van der Waals surface area contributed by atoms with E-state index >= 15 is 0 Å². The Balaban J connectivity index is 0.000000113. The molecule has 11 nitrogen and oxygen atoms in total. The summed E-state index contributed by atoms with van der Waals surface area (Å²) in [6.07, 6.45) is 2.00. The highest BCUT2D eigenvalue weighted by atomic mass is 15.2. The topological polar surface area (TPSA) is 102 Å². The van der Waals surface area contributed by atoms with Crippen LogP contribution in [-0.4, -0.2) is 52.7 Å². The van der Waals surface area contributed by atoms with Gasteiger partial charge in [0.05, 0.1) is 72.2 Å². The molecule has 0 saturated heterocycles. The number of para-hydroxylation sites is 11. The van der Waals surface area contributed by atoms with E-state index in [4.69, 9.17) is 24.9 Å². The Bertz CT molecular complexity index is 7480. The third-order valence-corrected chi connectivity index (χ3v) is 26.0. The van der Waals surface area contributed by atoms with Crippen molar-refractivity contribution in [2.45, 2.75) is 157 Å². The fourth-order valence-electron chi connectivity index (χ4n) is 18.9. The van der Waals surface area contributed by atoms with E-state index < -0.39 is 0 Å². The van der Waals surface area contributed by atoms with Crippen LogP contribution in [0.25, 0.3) is 172 Å². The van der Waals surface area contributed by atoms with Crippen molar-refractivity contribution in [1.29, 1.82) is 0 Å². The van der Waals surface area contributed by atoms with E-state index in [0.29, 0.717) is 0 Å². The lowest BCUT2D eigenvalue weighted by molar-refractivity contribution is 0.542. The van der Waals surface area contributed by atoms with Crippen molar-refractivity contribution in [3.63, 3.8) is 0 Å². The van der Waals surface area contributed by atoms with E-state index in [-0.39, 0.29) is 32.5 Å². The quantitative estimate of drug-likeness (QED) is 0.150. The van der Waals surface area contributed by atoms with E-state index in [0.717, 1.165) is 85.2 Å². The third-order valence-electron chi connectivity index (χ3n) is 26.0. The van der Waals surface area contributed by atoms with Gasteiger partial charge < -0.3 is 4.57 Å². The Kier molecular flexibility index (Phi) is 24.1. The Morgan fingerprint density at radius 3 is 0.752 bits per heavy atom. The van der Waals surface area contributed by atoms with E-state index in [1.807, 2.05) is 42.6 Å². The van der Waals surface area contributed by atoms with Crippen LogP contribution >= 0.6 is 0 Å². The van der Waals surface area contributed by atoms with Gasteiger partial charge in [-0.15, -0.1) is 0 Å². The van der Waals surface area contributed by atoms with Gasteiger partial charge in [-0.1, -0.05) is 416 Å². The molecule has 0 unspecified atom stereocenters. The fraction of sp³-hybridized carbons (Fsp3) is 0.190. The molecule has 678 valence electrons. The monoisotopic (exact) mass is 1790 g/mol. The molecule has 0 saturated carbocycles. The predicted octanol–water partition coefficient (Wildman–Crippen LogP) is 33.1. The van der Waals surface area contributed by atoms with Crippen molar-refractivity contribution < 1.29 is 0 Å². The summed E-state index contributed by atoms with van der Waals surface area (Å²) in [5.74, 6) is 5.33. The zero-order valence-corrected chi connectivity index (χ0v) is 81.9. The number of nitrogens with zero attached hydrogens (tertiary/aromatic N) is 11. The van der Waals surface area contributed by atoms with Gasteiger partial charge in [0.15, 0.2) is 0 Å². The number of fused-ring (bicyclic) bond motifs is 15. The lowest BCUT2D eigenvalue weighted by Gasteiger charge is -2.24. The number of hydrogen-bond donors (Lipinski definition) is 0. The predicted molar refractivity (Wildman–Crippen MR) is 579 cm³/mol. The first-order valence-corrected chi connectivity index (χ1v) is 47.8. The second-order valence-corrected chi connectivity index (χ2v) is 42.0. The van der Waals surface area contributed by atoms with Crippen molar-refractivity contribution in [3.8, 4) is 62.6 Å². The van der Waals surface area contributed by atoms with Crippen LogP contribution in [0, 0.1) is 0 Å². The first kappa shape index (κ1) is 90.7. The first-order valence-electron chi connectivity index (χ1n) is 47.8. The van der Waals surface area contributed by atoms with Crippen LogP contribution in [0.15, 0.2) is 394 Å². The molecular formula is C126H119N11. The fourth-order valence-corrected chi connectivity index (χ4v) is 18.9. The smallest absolute Gasteiger partial charge is 0.143 e. The maximum absolute atomic E-state index is 5.36. The molecule has 0 fully saturated rings. The largest absolute Gasteiger partial charge is 0.309 e. The summed E-state index contributed by atoms with van der Waals surface area (Å²) in [4.78, 5) is 29.8. The second-order valence-electron chi connectivity index (χ2n) is 42.0. The van der Waals surface area contributed by atoms with Crippen molar-refractivity contribution in [1.82, 2.24) is 52.7 Å². The molecule has 0 aliphatic rings. The number of benzene rings is 14. The van der Waals surface area contributed by atoms with E-state index in [9.17, 15) is 0 Å². The van der Waals surface area contributed by atoms with Gasteiger partial charge in [-0.05, 0) is 129 Å². The van der Waals surface area contributed by atoms with Gasteiger partial charge in [0, 0.05) is 105 Å². The van der Waals surface area contributed by atoms with Gasteiger partial charge in [0.2, 0.25) is 0 Å². The average Bonchev–Trinajstić information content (AvgIpc) is 1.60. The highest BCUT2D eigenvalue weighted by Crippen LogP contribution is 2.44. The Labute approximate surface area is 804 Å². The lowest BCUT2D eigenvalue weighted by atomic mass is 9.81. The summed E-state index contributed by atoms with van der Waals surface area (Å²) in [7, 11) is 0. The van der Waals surface area contributed by atoms with Gasteiger partial charge in [0.1, 0.15) is 34.9 Å². The normalized spacial score (nSPS) is 12.2. The number of aromatic nitrogens is 11. The maximum atomic E-state index is 5.36. The number of pyridine rings is 2. The van der Waals surface area contributed by atoms with E-state index in [1.165, 1.54) is 120 Å². The molecule has 9 aromatic heterocycles. The minimum Gasteiger partial charge on any atom is -0.309 e. The minimum absolute atomic E-state index is 0.0377. The average molecular weight is 1790 g/mol. The maximum Gasteiger partial charge on any atom is 0.143 e. The molecule has 14 aromatic carbocycles. The third kappa shape index (κ3) is 18.0. The zero-order valence-electron chi connectivity index (χ0n) is 81.9. The molecule has 0 amide bonds. The molecule has 0 bridgehead atoms. The summed E-state index contributed by atoms with van der Waals surface area (Å²) in [6, 6.07) is 137. The molecule has 0 spiro atoms. The molecule has 0 N–H and O–H groups in total. The number of rotatable bonds is 8. The molecule has 0 aliphatic carbocycles. The molecule has 0 atom stereocenters. The van der Waals surface area contributed by atoms with Gasteiger partial charge >= 0.3 is 0 Å². The zero-order chi connectivity index (χ0) is 95.5. The van der Waals surface area contributed by atoms with Gasteiger partial charge in [-0.2, -0.15) is 0 Å². The molecule has 11 heteroatoms. The highest BCUT2D eigenvalue weighted by molar-refractivity contribution is 6.13. The summed E-state index contributed by atoms with van der Waals surface area (Å²) in [5.41, 5.74) is 24.9. The molecular weight excluding hydrogens is 1670 g/mol. The van der Waals surface area contributed by atoms with Gasteiger partial charge in [0.25, 0.3) is 0 Å². The van der Waals surface area contributed by atoms with Crippen LogP contribution in [0.2, 0.25) is 0 Å². The Morgan fingerprint density at radius 2 is 0.460 bits per heavy atom. The summed E-state index contributed by atoms with van der Waals surface area (Å²) < 4.78 is 11.6. The minimum atomic E-state index is -0.220. The van der Waals surface area contributed by atoms with Gasteiger partial charge in [-0.25, -0.2) is 24.9 Å². The molecule has 137 heavy (non-hydrogen) atoms. The molecule has 0 aliphatic heterocycles. The molecule has 23 rings (SSSR count). The van der Waals surface area contributed by atoms with Crippen LogP contribution in [0.4, 0.5) is 0 Å². The lowest BCUT2D eigenvalue weighted by Crippen LogP contribution is -2.19. The molecule has 9 heterocycles. The van der Waals surface area contributed by atoms with E-state index in [2.05, 4.69) is 504 Å². The van der Waals surface area contributed by atoms with E-state index in [1.54, 1.807) is 0 Å². The summed E-state index contributed by atoms with van der Waals surface area (Å²) in [6.45, 7) is 39.8. The summed E-state index contributed by atoms with van der Waals surface area (Å²) in [5, 5.41) is 12.5. The van der Waals surface area contributed by atoms with Crippen LogP contribution in [0.3, 0.4) is 0 Å². The second kappa shape index (κ2) is 36.4. The van der Waals surface area contributed by atoms with Crippen LogP contribution in [-0.2, 0) is 32.5 Å². The van der Waals surface area contributed by atoms with Crippen LogP contribution in [0.1, 0.15) is 159 Å². The Hall–Kier alpha value is -15.5. The Morgan fingerprint density at radius 1 is 0.190 bits per heavy atom. The van der Waals surface area contributed by atoms with Crippen molar-refractivity contribution in [3.05, 3.63) is 428 Å². The van der Waals surface area contributed by atoms with Crippen molar-refractivity contribution >= 4 is 109 Å².